The maximum absolute atomic E-state index is 8.86. The minimum atomic E-state index is 0.497. The number of hydrogen-bond acceptors (Lipinski definition) is 2. The lowest BCUT2D eigenvalue weighted by atomic mass is 10.0. The molecule has 92 valence electrons. The molecule has 0 unspecified atom stereocenters. The van der Waals surface area contributed by atoms with E-state index in [9.17, 15) is 0 Å². The van der Waals surface area contributed by atoms with Crippen LogP contribution in [0.1, 0.15) is 18.9 Å². The highest BCUT2D eigenvalue weighted by atomic mass is 15.1. The SMILES string of the molecule is CCCN(CC#N)Cc1cccc2ccccc12. The van der Waals surface area contributed by atoms with Crippen molar-refractivity contribution in [3.05, 3.63) is 48.0 Å². The molecule has 0 atom stereocenters. The highest BCUT2D eigenvalue weighted by Crippen LogP contribution is 2.19. The third-order valence-corrected chi connectivity index (χ3v) is 3.11. The molecular weight excluding hydrogens is 220 g/mol. The number of benzene rings is 2. The summed E-state index contributed by atoms with van der Waals surface area (Å²) >= 11 is 0. The average Bonchev–Trinajstić information content (AvgIpc) is 2.40. The predicted molar refractivity (Wildman–Crippen MR) is 75.1 cm³/mol. The summed E-state index contributed by atoms with van der Waals surface area (Å²) in [5.74, 6) is 0. The molecule has 0 bridgehead atoms. The molecule has 0 heterocycles. The fourth-order valence-corrected chi connectivity index (χ4v) is 2.30. The van der Waals surface area contributed by atoms with Crippen molar-refractivity contribution in [2.45, 2.75) is 19.9 Å². The van der Waals surface area contributed by atoms with E-state index in [4.69, 9.17) is 5.26 Å². The standard InChI is InChI=1S/C16H18N2/c1-2-11-18(12-10-17)13-15-8-5-7-14-6-3-4-9-16(14)15/h3-9H,2,11-13H2,1H3. The van der Waals surface area contributed by atoms with Crippen molar-refractivity contribution in [3.8, 4) is 6.07 Å². The number of fused-ring (bicyclic) bond motifs is 1. The molecule has 2 heteroatoms. The highest BCUT2D eigenvalue weighted by molar-refractivity contribution is 5.85. The van der Waals surface area contributed by atoms with Crippen molar-refractivity contribution < 1.29 is 0 Å². The van der Waals surface area contributed by atoms with Crippen LogP contribution in [-0.2, 0) is 6.54 Å². The molecule has 0 aromatic heterocycles. The Kier molecular flexibility index (Phi) is 4.33. The van der Waals surface area contributed by atoms with Gasteiger partial charge < -0.3 is 0 Å². The molecule has 0 aliphatic rings. The van der Waals surface area contributed by atoms with Crippen LogP contribution in [-0.4, -0.2) is 18.0 Å². The first-order chi connectivity index (χ1) is 8.85. The largest absolute Gasteiger partial charge is 0.286 e. The lowest BCUT2D eigenvalue weighted by Crippen LogP contribution is -2.24. The van der Waals surface area contributed by atoms with E-state index in [1.807, 2.05) is 0 Å². The first-order valence-corrected chi connectivity index (χ1v) is 6.41. The summed E-state index contributed by atoms with van der Waals surface area (Å²) in [4.78, 5) is 2.20. The van der Waals surface area contributed by atoms with Gasteiger partial charge in [-0.25, -0.2) is 0 Å². The quantitative estimate of drug-likeness (QED) is 0.744. The van der Waals surface area contributed by atoms with Crippen molar-refractivity contribution in [1.82, 2.24) is 4.90 Å². The monoisotopic (exact) mass is 238 g/mol. The molecule has 2 nitrogen and oxygen atoms in total. The van der Waals surface area contributed by atoms with Crippen LogP contribution in [0.3, 0.4) is 0 Å². The zero-order valence-electron chi connectivity index (χ0n) is 10.8. The van der Waals surface area contributed by atoms with Crippen LogP contribution >= 0.6 is 0 Å². The Morgan fingerprint density at radius 1 is 1.11 bits per heavy atom. The maximum Gasteiger partial charge on any atom is 0.0868 e. The zero-order chi connectivity index (χ0) is 12.8. The van der Waals surface area contributed by atoms with Gasteiger partial charge in [0.2, 0.25) is 0 Å². The van der Waals surface area contributed by atoms with Gasteiger partial charge in [0.05, 0.1) is 12.6 Å². The minimum absolute atomic E-state index is 0.497. The van der Waals surface area contributed by atoms with Crippen LogP contribution in [0, 0.1) is 11.3 Å². The number of nitriles is 1. The molecule has 0 N–H and O–H groups in total. The fraction of sp³-hybridized carbons (Fsp3) is 0.312. The molecule has 2 aromatic rings. The van der Waals surface area contributed by atoms with Crippen molar-refractivity contribution in [2.24, 2.45) is 0 Å². The van der Waals surface area contributed by atoms with E-state index in [1.165, 1.54) is 16.3 Å². The van der Waals surface area contributed by atoms with E-state index in [1.54, 1.807) is 0 Å². The Bertz CT molecular complexity index is 549. The third kappa shape index (κ3) is 2.88. The van der Waals surface area contributed by atoms with E-state index in [-0.39, 0.29) is 0 Å². The predicted octanol–water partition coefficient (Wildman–Crippen LogP) is 3.58. The molecule has 0 radical (unpaired) electrons. The van der Waals surface area contributed by atoms with E-state index in [2.05, 4.69) is 60.4 Å². The first-order valence-electron chi connectivity index (χ1n) is 6.41. The number of hydrogen-bond donors (Lipinski definition) is 0. The summed E-state index contributed by atoms with van der Waals surface area (Å²) in [7, 11) is 0. The number of rotatable bonds is 5. The topological polar surface area (TPSA) is 27.0 Å². The van der Waals surface area contributed by atoms with Crippen LogP contribution in [0.4, 0.5) is 0 Å². The van der Waals surface area contributed by atoms with Crippen LogP contribution in [0.25, 0.3) is 10.8 Å². The van der Waals surface area contributed by atoms with Crippen molar-refractivity contribution in [2.75, 3.05) is 13.1 Å². The molecule has 0 aliphatic heterocycles. The van der Waals surface area contributed by atoms with Crippen molar-refractivity contribution in [1.29, 1.82) is 5.26 Å². The normalized spacial score (nSPS) is 10.7. The van der Waals surface area contributed by atoms with Gasteiger partial charge in [-0.2, -0.15) is 5.26 Å². The second-order valence-electron chi connectivity index (χ2n) is 4.51. The Morgan fingerprint density at radius 3 is 2.67 bits per heavy atom. The van der Waals surface area contributed by atoms with Gasteiger partial charge in [-0.1, -0.05) is 49.4 Å². The molecule has 0 saturated heterocycles. The van der Waals surface area contributed by atoms with Crippen LogP contribution in [0.15, 0.2) is 42.5 Å². The molecule has 0 fully saturated rings. The summed E-state index contributed by atoms with van der Waals surface area (Å²) in [5, 5.41) is 11.4. The molecule has 0 aliphatic carbocycles. The Labute approximate surface area is 108 Å². The van der Waals surface area contributed by atoms with Crippen LogP contribution in [0.5, 0.6) is 0 Å². The molecule has 2 rings (SSSR count). The van der Waals surface area contributed by atoms with Gasteiger partial charge in [0.25, 0.3) is 0 Å². The van der Waals surface area contributed by atoms with E-state index >= 15 is 0 Å². The molecule has 18 heavy (non-hydrogen) atoms. The van der Waals surface area contributed by atoms with Crippen LogP contribution < -0.4 is 0 Å². The summed E-state index contributed by atoms with van der Waals surface area (Å²) in [6.07, 6.45) is 1.08. The Balaban J connectivity index is 2.27. The lowest BCUT2D eigenvalue weighted by molar-refractivity contribution is 0.299. The molecule has 0 saturated carbocycles. The third-order valence-electron chi connectivity index (χ3n) is 3.11. The second-order valence-corrected chi connectivity index (χ2v) is 4.51. The average molecular weight is 238 g/mol. The summed E-state index contributed by atoms with van der Waals surface area (Å²) in [5.41, 5.74) is 1.30. The lowest BCUT2D eigenvalue weighted by Gasteiger charge is -2.19. The Morgan fingerprint density at radius 2 is 1.89 bits per heavy atom. The van der Waals surface area contributed by atoms with Gasteiger partial charge in [-0.15, -0.1) is 0 Å². The van der Waals surface area contributed by atoms with Crippen molar-refractivity contribution in [3.63, 3.8) is 0 Å². The van der Waals surface area contributed by atoms with Gasteiger partial charge >= 0.3 is 0 Å². The summed E-state index contributed by atoms with van der Waals surface area (Å²) in [6.45, 7) is 4.46. The highest BCUT2D eigenvalue weighted by Gasteiger charge is 2.06. The van der Waals surface area contributed by atoms with Crippen molar-refractivity contribution >= 4 is 10.8 Å². The zero-order valence-corrected chi connectivity index (χ0v) is 10.8. The number of nitrogens with zero attached hydrogens (tertiary/aromatic N) is 2. The molecule has 0 spiro atoms. The summed E-state index contributed by atoms with van der Waals surface area (Å²) in [6, 6.07) is 17.0. The van der Waals surface area contributed by atoms with Gasteiger partial charge in [0.1, 0.15) is 0 Å². The van der Waals surface area contributed by atoms with Crippen LogP contribution in [0.2, 0.25) is 0 Å². The van der Waals surface area contributed by atoms with Gasteiger partial charge in [0.15, 0.2) is 0 Å². The maximum atomic E-state index is 8.86. The molecular formula is C16H18N2. The van der Waals surface area contributed by atoms with Gasteiger partial charge in [-0.3, -0.25) is 4.90 Å². The Hall–Kier alpha value is -1.85. The fourth-order valence-electron chi connectivity index (χ4n) is 2.30. The van der Waals surface area contributed by atoms with E-state index in [0.717, 1.165) is 19.5 Å². The van der Waals surface area contributed by atoms with E-state index < -0.39 is 0 Å². The minimum Gasteiger partial charge on any atom is -0.286 e. The molecule has 2 aromatic carbocycles. The smallest absolute Gasteiger partial charge is 0.0868 e. The second kappa shape index (κ2) is 6.18. The van der Waals surface area contributed by atoms with Gasteiger partial charge in [0, 0.05) is 6.54 Å². The summed E-state index contributed by atoms with van der Waals surface area (Å²) < 4.78 is 0. The van der Waals surface area contributed by atoms with Gasteiger partial charge in [-0.05, 0) is 29.3 Å². The van der Waals surface area contributed by atoms with E-state index in [0.29, 0.717) is 6.54 Å². The molecule has 0 amide bonds. The first kappa shape index (κ1) is 12.6.